The smallest absolute Gasteiger partial charge is 0.135 e. The average molecular weight is 870 g/mol. The van der Waals surface area contributed by atoms with E-state index in [0.717, 1.165) is 6.42 Å². The maximum Gasteiger partial charge on any atom is 0.135 e. The van der Waals surface area contributed by atoms with Gasteiger partial charge in [0.25, 0.3) is 0 Å². The van der Waals surface area contributed by atoms with Crippen LogP contribution in [-0.2, 0) is 10.8 Å². The molecule has 0 saturated carbocycles. The number of rotatable bonds is 30. The van der Waals surface area contributed by atoms with E-state index in [0.29, 0.717) is 0 Å². The number of fused-ring (bicyclic) bond motifs is 2. The fourth-order valence-corrected chi connectivity index (χ4v) is 9.20. The second-order valence-corrected chi connectivity index (χ2v) is 21.8. The highest BCUT2D eigenvalue weighted by Crippen LogP contribution is 2.60. The van der Waals surface area contributed by atoms with E-state index in [4.69, 9.17) is 4.42 Å². The number of nitrogens with one attached hydrogen (secondary N) is 1. The van der Waals surface area contributed by atoms with Gasteiger partial charge in [0.1, 0.15) is 11.5 Å². The molecule has 8 nitrogen and oxygen atoms in total. The zero-order valence-corrected chi connectivity index (χ0v) is 44.9. The van der Waals surface area contributed by atoms with Crippen LogP contribution in [0, 0.1) is 5.41 Å². The highest BCUT2D eigenvalue weighted by atomic mass is 16.3. The molecule has 0 fully saturated rings. The van der Waals surface area contributed by atoms with E-state index in [9.17, 15) is 0 Å². The van der Waals surface area contributed by atoms with Crippen LogP contribution in [0.25, 0.3) is 5.57 Å². The third kappa shape index (κ3) is 21.6. The van der Waals surface area contributed by atoms with Gasteiger partial charge in [0.2, 0.25) is 0 Å². The second kappa shape index (κ2) is 30.6. The van der Waals surface area contributed by atoms with Gasteiger partial charge in [0.05, 0.1) is 0 Å². The molecule has 2 aliphatic rings. The van der Waals surface area contributed by atoms with E-state index in [2.05, 4.69) is 145 Å². The zero-order valence-electron chi connectivity index (χ0n) is 44.9. The van der Waals surface area contributed by atoms with Crippen LogP contribution in [0.5, 0.6) is 0 Å². The summed E-state index contributed by atoms with van der Waals surface area (Å²) in [4.78, 5) is 14.8. The summed E-state index contributed by atoms with van der Waals surface area (Å²) >= 11 is 0. The van der Waals surface area contributed by atoms with Gasteiger partial charge in [-0.25, -0.2) is 0 Å². The molecule has 2 aliphatic carbocycles. The lowest BCUT2D eigenvalue weighted by molar-refractivity contribution is 0.235. The lowest BCUT2D eigenvalue weighted by Gasteiger charge is -2.33. The summed E-state index contributed by atoms with van der Waals surface area (Å²) in [6.45, 7) is 30.2. The Kier molecular flexibility index (Phi) is 28.9. The van der Waals surface area contributed by atoms with Crippen molar-refractivity contribution < 1.29 is 4.42 Å². The molecule has 1 heterocycles. The van der Waals surface area contributed by atoms with E-state index in [-0.39, 0.29) is 16.2 Å². The second-order valence-electron chi connectivity index (χ2n) is 21.8. The summed E-state index contributed by atoms with van der Waals surface area (Å²) in [5.41, 5.74) is 6.52. The van der Waals surface area contributed by atoms with Gasteiger partial charge < -0.3 is 39.1 Å². The first kappa shape index (κ1) is 58.5. The van der Waals surface area contributed by atoms with Gasteiger partial charge in [-0.3, -0.25) is 0 Å². The molecule has 0 bridgehead atoms. The molecule has 0 radical (unpaired) electrons. The molecule has 1 aromatic rings. The Labute approximate surface area is 387 Å². The first-order valence-corrected chi connectivity index (χ1v) is 25.5. The van der Waals surface area contributed by atoms with Crippen LogP contribution in [0.4, 0.5) is 0 Å². The van der Waals surface area contributed by atoms with Gasteiger partial charge in [0.15, 0.2) is 0 Å². The Balaban J connectivity index is 0.00000367. The maximum absolute atomic E-state index is 6.94. The van der Waals surface area contributed by atoms with Crippen molar-refractivity contribution in [1.29, 1.82) is 0 Å². The molecule has 0 atom stereocenters. The normalized spacial score (nSPS) is 14.9. The van der Waals surface area contributed by atoms with Crippen molar-refractivity contribution in [3.05, 3.63) is 40.4 Å². The van der Waals surface area contributed by atoms with E-state index in [1.807, 2.05) is 27.9 Å². The third-order valence-electron chi connectivity index (χ3n) is 12.7. The largest absolute Gasteiger partial charge is 0.461 e. The predicted molar refractivity (Wildman–Crippen MR) is 276 cm³/mol. The molecule has 0 amide bonds. The number of nitrogens with zero attached hydrogens (tertiary/aromatic N) is 6. The molecule has 0 spiro atoms. The SMILES string of the molecule is CC.CN(C)CCCN(CCCCCCC1(CCCCCCN(CCCN(C)C)CCCN(C)C)C2=C(CC(C(C)(C)C)=C2)c2oc(C(C)(C)C)cc21)CCCN(C)C.CNC. The highest BCUT2D eigenvalue weighted by molar-refractivity contribution is 5.84. The lowest BCUT2D eigenvalue weighted by atomic mass is 9.69. The van der Waals surface area contributed by atoms with E-state index >= 15 is 0 Å². The molecule has 8 heteroatoms. The fraction of sp³-hybridized carbons (Fsp3) is 0.852. The Morgan fingerprint density at radius 2 is 0.871 bits per heavy atom. The van der Waals surface area contributed by atoms with Gasteiger partial charge in [-0.2, -0.15) is 0 Å². The first-order chi connectivity index (χ1) is 29.2. The average Bonchev–Trinajstić information content (AvgIpc) is 3.88. The molecule has 62 heavy (non-hydrogen) atoms. The number of allylic oxidation sites excluding steroid dienone is 4. The van der Waals surface area contributed by atoms with Crippen LogP contribution in [0.1, 0.15) is 169 Å². The fourth-order valence-electron chi connectivity index (χ4n) is 9.20. The molecule has 0 saturated heterocycles. The molecule has 1 N–H and O–H groups in total. The van der Waals surface area contributed by atoms with Crippen molar-refractivity contribution in [2.24, 2.45) is 5.41 Å². The predicted octanol–water partition coefficient (Wildman–Crippen LogP) is 11.1. The van der Waals surface area contributed by atoms with Gasteiger partial charge in [-0.05, 0) is 211 Å². The molecule has 0 unspecified atom stereocenters. The monoisotopic (exact) mass is 870 g/mol. The Morgan fingerprint density at radius 3 is 1.21 bits per heavy atom. The summed E-state index contributed by atoms with van der Waals surface area (Å²) < 4.78 is 6.94. The number of hydrogen-bond donors (Lipinski definition) is 1. The number of hydrogen-bond acceptors (Lipinski definition) is 8. The van der Waals surface area contributed by atoms with Crippen LogP contribution >= 0.6 is 0 Å². The van der Waals surface area contributed by atoms with Gasteiger partial charge in [-0.1, -0.05) is 106 Å². The van der Waals surface area contributed by atoms with Gasteiger partial charge >= 0.3 is 0 Å². The van der Waals surface area contributed by atoms with Crippen LogP contribution in [0.2, 0.25) is 0 Å². The van der Waals surface area contributed by atoms with Crippen molar-refractivity contribution in [3.8, 4) is 0 Å². The van der Waals surface area contributed by atoms with Gasteiger partial charge in [-0.15, -0.1) is 0 Å². The van der Waals surface area contributed by atoms with E-state index in [1.165, 1.54) is 178 Å². The highest BCUT2D eigenvalue weighted by Gasteiger charge is 2.49. The Hall–Kier alpha value is -1.52. The molecular weight excluding hydrogens is 763 g/mol. The zero-order chi connectivity index (χ0) is 46.9. The number of unbranched alkanes of at least 4 members (excludes halogenated alkanes) is 6. The molecular formula is C54H107N7O. The van der Waals surface area contributed by atoms with Crippen LogP contribution in [-0.4, -0.2) is 165 Å². The topological polar surface area (TPSA) is 44.6 Å². The Bertz CT molecular complexity index is 1290. The minimum absolute atomic E-state index is 0.00557. The van der Waals surface area contributed by atoms with Crippen LogP contribution in [0.3, 0.4) is 0 Å². The summed E-state index contributed by atoms with van der Waals surface area (Å²) in [5, 5.41) is 2.75. The summed E-state index contributed by atoms with van der Waals surface area (Å²) in [7, 11) is 21.4. The third-order valence-corrected chi connectivity index (χ3v) is 12.7. The van der Waals surface area contributed by atoms with E-state index in [1.54, 1.807) is 11.1 Å². The van der Waals surface area contributed by atoms with Crippen molar-refractivity contribution >= 4 is 5.57 Å². The molecule has 0 aliphatic heterocycles. The van der Waals surface area contributed by atoms with E-state index < -0.39 is 0 Å². The molecule has 1 aromatic heterocycles. The summed E-state index contributed by atoms with van der Waals surface area (Å²) in [6.07, 6.45) is 21.7. The van der Waals surface area contributed by atoms with Crippen LogP contribution in [0.15, 0.2) is 27.7 Å². The standard InChI is InChI=1S/C50H94N6O.C2H7N.C2H6/c1-48(2,3)42-39-43-44(40-42)50(45-41-46(49(4,5)6)57-47(43)45,27-19-15-17-21-33-55(35-23-29-51(7)8)36-24-30-52(9)10)28-20-16-18-22-34-56(37-25-31-53(11)12)38-26-32-54(13)14;1-3-2;1-2/h40-41H,15-39H2,1-14H3;3H,1-2H3;1-2H3. The maximum atomic E-state index is 6.94. The van der Waals surface area contributed by atoms with Crippen LogP contribution < -0.4 is 5.32 Å². The summed E-state index contributed by atoms with van der Waals surface area (Å²) in [6, 6.07) is 2.51. The molecule has 364 valence electrons. The first-order valence-electron chi connectivity index (χ1n) is 25.5. The van der Waals surface area contributed by atoms with Crippen molar-refractivity contribution in [2.45, 2.75) is 163 Å². The van der Waals surface area contributed by atoms with Crippen molar-refractivity contribution in [1.82, 2.24) is 34.7 Å². The minimum Gasteiger partial charge on any atom is -0.461 e. The quantitative estimate of drug-likeness (QED) is 0.0767. The molecule has 3 rings (SSSR count). The molecule has 0 aromatic carbocycles. The number of furan rings is 1. The van der Waals surface area contributed by atoms with Crippen molar-refractivity contribution in [3.63, 3.8) is 0 Å². The van der Waals surface area contributed by atoms with Crippen molar-refractivity contribution in [2.75, 3.05) is 136 Å². The Morgan fingerprint density at radius 1 is 0.516 bits per heavy atom. The lowest BCUT2D eigenvalue weighted by Crippen LogP contribution is -2.31. The minimum atomic E-state index is 0.00557. The van der Waals surface area contributed by atoms with Gasteiger partial charge in [0, 0.05) is 22.0 Å². The summed E-state index contributed by atoms with van der Waals surface area (Å²) in [5.74, 6) is 2.41.